The third kappa shape index (κ3) is 3.08. The van der Waals surface area contributed by atoms with Gasteiger partial charge in [0.05, 0.1) is 4.92 Å². The topological polar surface area (TPSA) is 103 Å². The molecule has 1 N–H and O–H groups in total. The predicted octanol–water partition coefficient (Wildman–Crippen LogP) is 2.76. The van der Waals surface area contributed by atoms with Gasteiger partial charge in [0.15, 0.2) is 11.6 Å². The molecule has 0 saturated heterocycles. The second-order valence-electron chi connectivity index (χ2n) is 3.79. The first-order valence-corrected chi connectivity index (χ1v) is 5.39. The van der Waals surface area contributed by atoms with Crippen molar-refractivity contribution in [3.05, 3.63) is 57.8 Å². The molecule has 21 heavy (non-hydrogen) atoms. The Bertz CT molecular complexity index is 736. The zero-order valence-corrected chi connectivity index (χ0v) is 10.1. The second kappa shape index (κ2) is 5.49. The minimum atomic E-state index is -1.56. The molecule has 0 aliphatic heterocycles. The summed E-state index contributed by atoms with van der Waals surface area (Å²) in [6.07, 6.45) is 0.749. The number of carboxylic acid groups (broad SMARTS) is 1. The van der Waals surface area contributed by atoms with Gasteiger partial charge in [-0.25, -0.2) is 18.6 Å². The summed E-state index contributed by atoms with van der Waals surface area (Å²) in [6, 6.07) is 3.05. The van der Waals surface area contributed by atoms with E-state index in [2.05, 4.69) is 4.98 Å². The third-order valence-corrected chi connectivity index (χ3v) is 2.38. The van der Waals surface area contributed by atoms with Crippen molar-refractivity contribution in [1.29, 1.82) is 0 Å². The van der Waals surface area contributed by atoms with Crippen LogP contribution in [0.15, 0.2) is 30.5 Å². The average molecular weight is 296 g/mol. The van der Waals surface area contributed by atoms with E-state index in [1.54, 1.807) is 0 Å². The molecule has 0 amide bonds. The second-order valence-corrected chi connectivity index (χ2v) is 3.79. The van der Waals surface area contributed by atoms with E-state index in [1.807, 2.05) is 0 Å². The number of rotatable bonds is 4. The van der Waals surface area contributed by atoms with E-state index in [0.29, 0.717) is 12.1 Å². The summed E-state index contributed by atoms with van der Waals surface area (Å²) in [4.78, 5) is 24.2. The van der Waals surface area contributed by atoms with E-state index < -0.39 is 45.4 Å². The molecule has 0 spiro atoms. The highest BCUT2D eigenvalue weighted by Gasteiger charge is 2.20. The van der Waals surface area contributed by atoms with Gasteiger partial charge in [-0.3, -0.25) is 10.1 Å². The first-order valence-electron chi connectivity index (χ1n) is 5.39. The molecule has 0 saturated carbocycles. The molecule has 1 heterocycles. The number of nitro groups is 1. The minimum absolute atomic E-state index is 0.570. The standard InChI is InChI=1S/C12H6F2N2O5/c13-6-1-2-9(14)10(3-6)21-11-8(12(17)18)4-7(5-15-11)16(19)20/h1-5H,(H,17,18). The average Bonchev–Trinajstić information content (AvgIpc) is 2.42. The molecule has 2 rings (SSSR count). The van der Waals surface area contributed by atoms with Gasteiger partial charge in [0, 0.05) is 12.1 Å². The Kier molecular flexibility index (Phi) is 3.74. The highest BCUT2D eigenvalue weighted by atomic mass is 19.1. The number of hydrogen-bond donors (Lipinski definition) is 1. The first kappa shape index (κ1) is 14.3. The fourth-order valence-corrected chi connectivity index (χ4v) is 1.44. The molecule has 0 atom stereocenters. The van der Waals surface area contributed by atoms with E-state index in [-0.39, 0.29) is 0 Å². The lowest BCUT2D eigenvalue weighted by molar-refractivity contribution is -0.385. The number of carbonyl (C=O) groups is 1. The Balaban J connectivity index is 2.46. The highest BCUT2D eigenvalue weighted by molar-refractivity contribution is 5.91. The third-order valence-electron chi connectivity index (χ3n) is 2.38. The number of aromatic nitrogens is 1. The van der Waals surface area contributed by atoms with Crippen LogP contribution >= 0.6 is 0 Å². The van der Waals surface area contributed by atoms with E-state index in [1.165, 1.54) is 0 Å². The fourth-order valence-electron chi connectivity index (χ4n) is 1.44. The molecule has 9 heteroatoms. The van der Waals surface area contributed by atoms with Crippen molar-refractivity contribution in [2.24, 2.45) is 0 Å². The summed E-state index contributed by atoms with van der Waals surface area (Å²) in [5.74, 6) is -4.47. The van der Waals surface area contributed by atoms with Gasteiger partial charge in [-0.1, -0.05) is 0 Å². The molecule has 0 fully saturated rings. The molecule has 0 unspecified atom stereocenters. The van der Waals surface area contributed by atoms with Gasteiger partial charge in [0.2, 0.25) is 5.88 Å². The summed E-state index contributed by atoms with van der Waals surface area (Å²) in [5, 5.41) is 19.5. The largest absolute Gasteiger partial charge is 0.477 e. The van der Waals surface area contributed by atoms with Crippen LogP contribution in [0.1, 0.15) is 10.4 Å². The SMILES string of the molecule is O=C(O)c1cc([N+](=O)[O-])cnc1Oc1cc(F)ccc1F. The molecule has 1 aromatic heterocycles. The molecule has 0 aliphatic carbocycles. The van der Waals surface area contributed by atoms with Crippen LogP contribution in [0.4, 0.5) is 14.5 Å². The predicted molar refractivity (Wildman–Crippen MR) is 64.3 cm³/mol. The molecule has 1 aromatic carbocycles. The number of pyridine rings is 1. The van der Waals surface area contributed by atoms with Gasteiger partial charge >= 0.3 is 5.97 Å². The molecule has 0 aliphatic rings. The molecule has 2 aromatic rings. The Morgan fingerprint density at radius 1 is 1.33 bits per heavy atom. The van der Waals surface area contributed by atoms with E-state index in [4.69, 9.17) is 9.84 Å². The van der Waals surface area contributed by atoms with Crippen molar-refractivity contribution < 1.29 is 28.3 Å². The van der Waals surface area contributed by atoms with Crippen molar-refractivity contribution in [3.8, 4) is 11.6 Å². The van der Waals surface area contributed by atoms with Crippen molar-refractivity contribution >= 4 is 11.7 Å². The molecule has 0 radical (unpaired) electrons. The van der Waals surface area contributed by atoms with Gasteiger partial charge in [-0.05, 0) is 12.1 Å². The summed E-state index contributed by atoms with van der Waals surface area (Å²) in [7, 11) is 0. The van der Waals surface area contributed by atoms with Crippen LogP contribution in [0.3, 0.4) is 0 Å². The summed E-state index contributed by atoms with van der Waals surface area (Å²) < 4.78 is 31.3. The Morgan fingerprint density at radius 2 is 2.05 bits per heavy atom. The molecular weight excluding hydrogens is 290 g/mol. The lowest BCUT2D eigenvalue weighted by Gasteiger charge is -2.08. The molecular formula is C12H6F2N2O5. The lowest BCUT2D eigenvalue weighted by atomic mass is 10.2. The summed E-state index contributed by atoms with van der Waals surface area (Å²) in [5.41, 5.74) is -1.22. The minimum Gasteiger partial charge on any atom is -0.477 e. The van der Waals surface area contributed by atoms with Crippen molar-refractivity contribution in [1.82, 2.24) is 4.98 Å². The van der Waals surface area contributed by atoms with Crippen molar-refractivity contribution in [2.75, 3.05) is 0 Å². The number of aromatic carboxylic acids is 1. The maximum atomic E-state index is 13.4. The van der Waals surface area contributed by atoms with Crippen LogP contribution in [0, 0.1) is 21.7 Å². The molecule has 0 bridgehead atoms. The van der Waals surface area contributed by atoms with Crippen LogP contribution in [-0.4, -0.2) is 21.0 Å². The van der Waals surface area contributed by atoms with Crippen molar-refractivity contribution in [2.45, 2.75) is 0 Å². The van der Waals surface area contributed by atoms with Crippen LogP contribution in [0.5, 0.6) is 11.6 Å². The molecule has 7 nitrogen and oxygen atoms in total. The van der Waals surface area contributed by atoms with Gasteiger partial charge < -0.3 is 9.84 Å². The van der Waals surface area contributed by atoms with Gasteiger partial charge in [-0.2, -0.15) is 0 Å². The van der Waals surface area contributed by atoms with Crippen LogP contribution in [0.2, 0.25) is 0 Å². The number of nitrogens with zero attached hydrogens (tertiary/aromatic N) is 2. The number of ether oxygens (including phenoxy) is 1. The number of carboxylic acids is 1. The maximum Gasteiger partial charge on any atom is 0.341 e. The zero-order valence-electron chi connectivity index (χ0n) is 10.1. The van der Waals surface area contributed by atoms with Gasteiger partial charge in [0.1, 0.15) is 17.6 Å². The smallest absolute Gasteiger partial charge is 0.341 e. The van der Waals surface area contributed by atoms with Gasteiger partial charge in [-0.15, -0.1) is 0 Å². The first-order chi connectivity index (χ1) is 9.88. The Labute approximate surface area is 115 Å². The normalized spacial score (nSPS) is 10.2. The fraction of sp³-hybridized carbons (Fsp3) is 0. The molecule has 108 valence electrons. The van der Waals surface area contributed by atoms with Gasteiger partial charge in [0.25, 0.3) is 5.69 Å². The highest BCUT2D eigenvalue weighted by Crippen LogP contribution is 2.28. The number of hydrogen-bond acceptors (Lipinski definition) is 5. The Hall–Kier alpha value is -3.10. The number of halogens is 2. The van der Waals surface area contributed by atoms with Crippen LogP contribution in [0.25, 0.3) is 0 Å². The number of benzene rings is 1. The quantitative estimate of drug-likeness (QED) is 0.687. The van der Waals surface area contributed by atoms with Crippen LogP contribution in [-0.2, 0) is 0 Å². The van der Waals surface area contributed by atoms with Crippen molar-refractivity contribution in [3.63, 3.8) is 0 Å². The zero-order chi connectivity index (χ0) is 15.6. The summed E-state index contributed by atoms with van der Waals surface area (Å²) in [6.45, 7) is 0. The van der Waals surface area contributed by atoms with E-state index in [0.717, 1.165) is 18.3 Å². The van der Waals surface area contributed by atoms with E-state index in [9.17, 15) is 23.7 Å². The Morgan fingerprint density at radius 3 is 2.67 bits per heavy atom. The lowest BCUT2D eigenvalue weighted by Crippen LogP contribution is -2.04. The van der Waals surface area contributed by atoms with Crippen LogP contribution < -0.4 is 4.74 Å². The monoisotopic (exact) mass is 296 g/mol. The van der Waals surface area contributed by atoms with E-state index >= 15 is 0 Å². The maximum absolute atomic E-state index is 13.4. The summed E-state index contributed by atoms with van der Waals surface area (Å²) >= 11 is 0.